The van der Waals surface area contributed by atoms with E-state index in [0.29, 0.717) is 41.5 Å². The molecule has 0 amide bonds. The number of aromatic nitrogens is 1. The predicted octanol–water partition coefficient (Wildman–Crippen LogP) is 5.93. The van der Waals surface area contributed by atoms with Crippen LogP contribution in [-0.2, 0) is 4.74 Å². The molecule has 0 aliphatic rings. The molecule has 0 saturated heterocycles. The van der Waals surface area contributed by atoms with Crippen molar-refractivity contribution < 1.29 is 28.6 Å². The highest BCUT2D eigenvalue weighted by Crippen LogP contribution is 2.30. The number of hydrogen-bond acceptors (Lipinski definition) is 6. The summed E-state index contributed by atoms with van der Waals surface area (Å²) in [6.07, 6.45) is -1.05. The first-order chi connectivity index (χ1) is 17.8. The van der Waals surface area contributed by atoms with Gasteiger partial charge in [0.1, 0.15) is 0 Å². The van der Waals surface area contributed by atoms with Crippen molar-refractivity contribution in [1.82, 2.24) is 4.98 Å². The predicted molar refractivity (Wildman–Crippen MR) is 141 cm³/mol. The van der Waals surface area contributed by atoms with Crippen LogP contribution in [0.1, 0.15) is 63.1 Å². The molecule has 0 saturated carbocycles. The summed E-state index contributed by atoms with van der Waals surface area (Å²) in [6.45, 7) is 7.91. The van der Waals surface area contributed by atoms with Crippen LogP contribution in [0.15, 0.2) is 66.7 Å². The number of carbonyl (C=O) groups excluding carboxylic acids is 3. The van der Waals surface area contributed by atoms with Gasteiger partial charge in [0.2, 0.25) is 5.78 Å². The molecule has 0 unspecified atom stereocenters. The molecular weight excluding hydrogens is 470 g/mol. The van der Waals surface area contributed by atoms with Crippen molar-refractivity contribution in [2.75, 3.05) is 13.2 Å². The second kappa shape index (κ2) is 11.1. The highest BCUT2D eigenvalue weighted by Gasteiger charge is 2.27. The molecule has 4 rings (SSSR count). The molecule has 7 nitrogen and oxygen atoms in total. The molecule has 1 N–H and O–H groups in total. The third-order valence-corrected chi connectivity index (χ3v) is 5.99. The van der Waals surface area contributed by atoms with E-state index in [-0.39, 0.29) is 22.7 Å². The molecule has 37 heavy (non-hydrogen) atoms. The maximum Gasteiger partial charge on any atom is 0.339 e. The molecule has 7 heteroatoms. The molecule has 3 aromatic carbocycles. The Bertz CT molecular complexity index is 1470. The van der Waals surface area contributed by atoms with Crippen LogP contribution in [0, 0.1) is 6.92 Å². The van der Waals surface area contributed by atoms with E-state index in [9.17, 15) is 14.4 Å². The van der Waals surface area contributed by atoms with Gasteiger partial charge < -0.3 is 19.2 Å². The number of para-hydroxylation sites is 1. The molecule has 1 atom stereocenters. The Morgan fingerprint density at radius 3 is 2.22 bits per heavy atom. The summed E-state index contributed by atoms with van der Waals surface area (Å²) in [5.41, 5.74) is 2.60. The van der Waals surface area contributed by atoms with E-state index in [1.165, 1.54) is 13.0 Å². The van der Waals surface area contributed by atoms with Crippen molar-refractivity contribution in [2.24, 2.45) is 0 Å². The summed E-state index contributed by atoms with van der Waals surface area (Å²) in [7, 11) is 0. The summed E-state index contributed by atoms with van der Waals surface area (Å²) in [5, 5.41) is 0.768. The number of aromatic amines is 1. The lowest BCUT2D eigenvalue weighted by molar-refractivity contribution is 0.0317. The van der Waals surface area contributed by atoms with Gasteiger partial charge in [0.15, 0.2) is 23.4 Å². The van der Waals surface area contributed by atoms with Crippen LogP contribution in [0.2, 0.25) is 0 Å². The Labute approximate surface area is 215 Å². The number of ether oxygens (including phenoxy) is 3. The third-order valence-electron chi connectivity index (χ3n) is 5.99. The quantitative estimate of drug-likeness (QED) is 0.215. The van der Waals surface area contributed by atoms with Crippen LogP contribution in [0.4, 0.5) is 0 Å². The molecule has 0 radical (unpaired) electrons. The van der Waals surface area contributed by atoms with E-state index in [1.807, 2.05) is 45.0 Å². The van der Waals surface area contributed by atoms with Crippen molar-refractivity contribution in [3.8, 4) is 11.5 Å². The zero-order valence-electron chi connectivity index (χ0n) is 21.3. The second-order valence-electron chi connectivity index (χ2n) is 8.48. The van der Waals surface area contributed by atoms with Gasteiger partial charge in [-0.05, 0) is 58.0 Å². The number of benzene rings is 3. The minimum absolute atomic E-state index is 0.0784. The fourth-order valence-corrected chi connectivity index (χ4v) is 4.28. The van der Waals surface area contributed by atoms with Gasteiger partial charge in [-0.15, -0.1) is 0 Å². The normalized spacial score (nSPS) is 11.7. The smallest absolute Gasteiger partial charge is 0.339 e. The van der Waals surface area contributed by atoms with Gasteiger partial charge in [0.25, 0.3) is 0 Å². The Morgan fingerprint density at radius 2 is 1.49 bits per heavy atom. The van der Waals surface area contributed by atoms with Gasteiger partial charge in [-0.25, -0.2) is 4.79 Å². The number of aryl methyl sites for hydroxylation is 1. The van der Waals surface area contributed by atoms with Crippen LogP contribution < -0.4 is 9.47 Å². The van der Waals surface area contributed by atoms with Crippen molar-refractivity contribution in [2.45, 2.75) is 33.8 Å². The van der Waals surface area contributed by atoms with Crippen molar-refractivity contribution in [3.63, 3.8) is 0 Å². The minimum Gasteiger partial charge on any atom is -0.490 e. The summed E-state index contributed by atoms with van der Waals surface area (Å²) in [4.78, 5) is 43.0. The third kappa shape index (κ3) is 5.26. The summed E-state index contributed by atoms with van der Waals surface area (Å²) in [6, 6.07) is 18.8. The highest BCUT2D eigenvalue weighted by molar-refractivity contribution is 6.15. The molecule has 190 valence electrons. The van der Waals surface area contributed by atoms with Crippen molar-refractivity contribution in [3.05, 3.63) is 94.7 Å². The standard InChI is InChI=1S/C30H29NO6/c1-5-35-25-16-15-20(17-26(25)36-6-2)29(33)21-11-7-8-12-22(21)30(34)37-19(4)28(32)27-18(3)31-24-14-10-9-13-23(24)27/h7-17,19,31H,5-6H2,1-4H3/t19-/m1/s1. The first-order valence-corrected chi connectivity index (χ1v) is 12.2. The van der Waals surface area contributed by atoms with Gasteiger partial charge >= 0.3 is 5.97 Å². The summed E-state index contributed by atoms with van der Waals surface area (Å²) < 4.78 is 16.8. The molecule has 1 aromatic heterocycles. The monoisotopic (exact) mass is 499 g/mol. The Morgan fingerprint density at radius 1 is 0.838 bits per heavy atom. The second-order valence-corrected chi connectivity index (χ2v) is 8.48. The van der Waals surface area contributed by atoms with Gasteiger partial charge in [0.05, 0.1) is 18.8 Å². The van der Waals surface area contributed by atoms with E-state index in [0.717, 1.165) is 10.9 Å². The minimum atomic E-state index is -1.05. The van der Waals surface area contributed by atoms with Crippen LogP contribution >= 0.6 is 0 Å². The van der Waals surface area contributed by atoms with E-state index in [1.54, 1.807) is 36.4 Å². The number of Topliss-reactive ketones (excluding diaryl/α,β-unsaturated/α-hetero) is 1. The first kappa shape index (κ1) is 25.7. The topological polar surface area (TPSA) is 94.7 Å². The molecule has 4 aromatic rings. The zero-order valence-corrected chi connectivity index (χ0v) is 21.3. The van der Waals surface area contributed by atoms with E-state index in [4.69, 9.17) is 14.2 Å². The molecule has 0 spiro atoms. The van der Waals surface area contributed by atoms with Crippen LogP contribution in [0.25, 0.3) is 10.9 Å². The van der Waals surface area contributed by atoms with Crippen LogP contribution in [0.3, 0.4) is 0 Å². The number of carbonyl (C=O) groups is 3. The highest BCUT2D eigenvalue weighted by atomic mass is 16.5. The Balaban J connectivity index is 1.59. The average molecular weight is 500 g/mol. The molecule has 0 fully saturated rings. The molecule has 1 heterocycles. The van der Waals surface area contributed by atoms with E-state index < -0.39 is 12.1 Å². The number of rotatable bonds is 10. The number of hydrogen-bond donors (Lipinski definition) is 1. The lowest BCUT2D eigenvalue weighted by atomic mass is 9.98. The number of H-pyrrole nitrogens is 1. The first-order valence-electron chi connectivity index (χ1n) is 12.2. The van der Waals surface area contributed by atoms with E-state index >= 15 is 0 Å². The molecule has 0 bridgehead atoms. The fraction of sp³-hybridized carbons (Fsp3) is 0.233. The van der Waals surface area contributed by atoms with Gasteiger partial charge in [-0.1, -0.05) is 36.4 Å². The largest absolute Gasteiger partial charge is 0.490 e. The SMILES string of the molecule is CCOc1ccc(C(=O)c2ccccc2C(=O)O[C@H](C)C(=O)c2c(C)[nH]c3ccccc23)cc1OCC. The van der Waals surface area contributed by atoms with Crippen LogP contribution in [-0.4, -0.2) is 41.8 Å². The van der Waals surface area contributed by atoms with Gasteiger partial charge in [-0.2, -0.15) is 0 Å². The Kier molecular flexibility index (Phi) is 7.72. The van der Waals surface area contributed by atoms with Crippen LogP contribution in [0.5, 0.6) is 11.5 Å². The maximum atomic E-state index is 13.4. The lowest BCUT2D eigenvalue weighted by Gasteiger charge is -2.15. The summed E-state index contributed by atoms with van der Waals surface area (Å²) >= 11 is 0. The number of nitrogens with one attached hydrogen (secondary N) is 1. The number of fused-ring (bicyclic) bond motifs is 1. The Hall–Kier alpha value is -4.39. The molecule has 0 aliphatic carbocycles. The molecular formula is C30H29NO6. The van der Waals surface area contributed by atoms with Gasteiger partial charge in [-0.3, -0.25) is 9.59 Å². The number of esters is 1. The zero-order chi connectivity index (χ0) is 26.5. The number of ketones is 2. The lowest BCUT2D eigenvalue weighted by Crippen LogP contribution is -2.26. The summed E-state index contributed by atoms with van der Waals surface area (Å²) in [5.74, 6) is -0.460. The maximum absolute atomic E-state index is 13.4. The fourth-order valence-electron chi connectivity index (χ4n) is 4.28. The van der Waals surface area contributed by atoms with E-state index in [2.05, 4.69) is 4.98 Å². The van der Waals surface area contributed by atoms with Crippen molar-refractivity contribution in [1.29, 1.82) is 0 Å². The van der Waals surface area contributed by atoms with Gasteiger partial charge in [0, 0.05) is 33.3 Å². The molecule has 0 aliphatic heterocycles. The average Bonchev–Trinajstić information content (AvgIpc) is 3.24. The van der Waals surface area contributed by atoms with Crippen molar-refractivity contribution >= 4 is 28.4 Å².